The summed E-state index contributed by atoms with van der Waals surface area (Å²) in [6.45, 7) is 2.03. The first-order valence-electron chi connectivity index (χ1n) is 3.50. The van der Waals surface area contributed by atoms with Gasteiger partial charge in [-0.15, -0.1) is 0 Å². The molecule has 0 heterocycles. The molecule has 0 atom stereocenters. The van der Waals surface area contributed by atoms with Gasteiger partial charge >= 0.3 is 51.4 Å². The van der Waals surface area contributed by atoms with Gasteiger partial charge in [0.25, 0.3) is 0 Å². The predicted molar refractivity (Wildman–Crippen MR) is 38.7 cm³/mol. The van der Waals surface area contributed by atoms with Crippen molar-refractivity contribution in [2.45, 2.75) is 32.6 Å². The summed E-state index contributed by atoms with van der Waals surface area (Å²) in [5.74, 6) is -0.201. The molecule has 0 aromatic carbocycles. The molecule has 0 bridgehead atoms. The monoisotopic (exact) mass is 204 g/mol. The molecule has 0 aliphatic carbocycles. The Balaban J connectivity index is 0. The van der Waals surface area contributed by atoms with E-state index in [4.69, 9.17) is 0 Å². The fourth-order valence-electron chi connectivity index (χ4n) is 0.706. The number of unbranched alkanes of at least 4 members (excludes halogenated alkanes) is 3. The third-order valence-corrected chi connectivity index (χ3v) is 2.04. The summed E-state index contributed by atoms with van der Waals surface area (Å²) in [7, 11) is -3.95. The van der Waals surface area contributed by atoms with E-state index in [0.29, 0.717) is 6.42 Å². The molecule has 0 rings (SSSR count). The first-order chi connectivity index (χ1) is 4.56. The van der Waals surface area contributed by atoms with E-state index in [2.05, 4.69) is 0 Å². The van der Waals surface area contributed by atoms with E-state index in [1.54, 1.807) is 0 Å². The van der Waals surface area contributed by atoms with Gasteiger partial charge in [-0.1, -0.05) is 26.2 Å². The molecule has 0 spiro atoms. The summed E-state index contributed by atoms with van der Waals surface area (Å²) in [5, 5.41) is 0. The van der Waals surface area contributed by atoms with Crippen LogP contribution in [-0.4, -0.2) is 18.7 Å². The van der Waals surface area contributed by atoms with Gasteiger partial charge in [0.15, 0.2) is 0 Å². The van der Waals surface area contributed by atoms with Crippen LogP contribution in [0.4, 0.5) is 0 Å². The van der Waals surface area contributed by atoms with Gasteiger partial charge in [0.2, 0.25) is 0 Å². The van der Waals surface area contributed by atoms with E-state index in [1.807, 2.05) is 6.92 Å². The average molecular weight is 204 g/mol. The Morgan fingerprint density at radius 2 is 1.73 bits per heavy atom. The first kappa shape index (κ1) is 15.0. The number of rotatable bonds is 5. The zero-order valence-electron chi connectivity index (χ0n) is 7.17. The molecule has 0 radical (unpaired) electrons. The summed E-state index contributed by atoms with van der Waals surface area (Å²) in [6.07, 6.45) is 3.42. The molecule has 0 N–H and O–H groups in total. The second-order valence-corrected chi connectivity index (χ2v) is 3.85. The van der Waals surface area contributed by atoms with Crippen LogP contribution >= 0.6 is 0 Å². The van der Waals surface area contributed by atoms with E-state index in [0.717, 1.165) is 19.3 Å². The standard InChI is InChI=1S/C6H14O3S.K/c1-2-3-4-5-6-10(7,8)9;/h2-6H2,1H3,(H,7,8,9);/q;+1/p-1. The van der Waals surface area contributed by atoms with Crippen LogP contribution in [0.5, 0.6) is 0 Å². The van der Waals surface area contributed by atoms with Crippen LogP contribution in [0.15, 0.2) is 0 Å². The molecular formula is C6H13KO3S. The smallest absolute Gasteiger partial charge is 0.748 e. The Kier molecular flexibility index (Phi) is 11.2. The van der Waals surface area contributed by atoms with E-state index < -0.39 is 10.1 Å². The van der Waals surface area contributed by atoms with Crippen molar-refractivity contribution in [1.82, 2.24) is 0 Å². The maximum absolute atomic E-state index is 10.0. The first-order valence-corrected chi connectivity index (χ1v) is 5.07. The fraction of sp³-hybridized carbons (Fsp3) is 1.00. The molecule has 0 fully saturated rings. The van der Waals surface area contributed by atoms with Crippen LogP contribution in [0.1, 0.15) is 32.6 Å². The van der Waals surface area contributed by atoms with Crippen LogP contribution in [-0.2, 0) is 10.1 Å². The molecule has 3 nitrogen and oxygen atoms in total. The Morgan fingerprint density at radius 1 is 1.18 bits per heavy atom. The van der Waals surface area contributed by atoms with Crippen LogP contribution in [0.2, 0.25) is 0 Å². The van der Waals surface area contributed by atoms with Crippen LogP contribution in [0.3, 0.4) is 0 Å². The summed E-state index contributed by atoms with van der Waals surface area (Å²) in [4.78, 5) is 0. The molecule has 0 saturated carbocycles. The summed E-state index contributed by atoms with van der Waals surface area (Å²) >= 11 is 0. The van der Waals surface area contributed by atoms with E-state index in [-0.39, 0.29) is 57.1 Å². The van der Waals surface area contributed by atoms with E-state index in [1.165, 1.54) is 0 Å². The van der Waals surface area contributed by atoms with Gasteiger partial charge in [-0.3, -0.25) is 0 Å². The maximum atomic E-state index is 10.0. The van der Waals surface area contributed by atoms with Crippen molar-refractivity contribution in [2.75, 3.05) is 5.75 Å². The van der Waals surface area contributed by atoms with Crippen molar-refractivity contribution in [3.63, 3.8) is 0 Å². The molecule has 5 heteroatoms. The Morgan fingerprint density at radius 3 is 2.09 bits per heavy atom. The van der Waals surface area contributed by atoms with Crippen molar-refractivity contribution in [3.8, 4) is 0 Å². The van der Waals surface area contributed by atoms with Crippen molar-refractivity contribution in [1.29, 1.82) is 0 Å². The summed E-state index contributed by atoms with van der Waals surface area (Å²) in [5.41, 5.74) is 0. The molecule has 0 aromatic heterocycles. The molecule has 62 valence electrons. The molecule has 0 unspecified atom stereocenters. The van der Waals surface area contributed by atoms with Crippen LogP contribution in [0, 0.1) is 0 Å². The zero-order chi connectivity index (χ0) is 8.04. The van der Waals surface area contributed by atoms with Crippen molar-refractivity contribution < 1.29 is 64.4 Å². The minimum Gasteiger partial charge on any atom is -0.748 e. The molecule has 0 saturated heterocycles. The zero-order valence-corrected chi connectivity index (χ0v) is 11.1. The van der Waals surface area contributed by atoms with Gasteiger partial charge < -0.3 is 4.55 Å². The third kappa shape index (κ3) is 14.4. The van der Waals surface area contributed by atoms with Crippen LogP contribution in [0.25, 0.3) is 0 Å². The molecular weight excluding hydrogens is 191 g/mol. The topological polar surface area (TPSA) is 57.2 Å². The maximum Gasteiger partial charge on any atom is 1.00 e. The average Bonchev–Trinajstić information content (AvgIpc) is 1.78. The van der Waals surface area contributed by atoms with E-state index in [9.17, 15) is 13.0 Å². The predicted octanol–water partition coefficient (Wildman–Crippen LogP) is -1.88. The number of hydrogen-bond donors (Lipinski definition) is 0. The van der Waals surface area contributed by atoms with Gasteiger partial charge in [0, 0.05) is 5.75 Å². The minimum absolute atomic E-state index is 0. The third-order valence-electron chi connectivity index (χ3n) is 1.25. The quantitative estimate of drug-likeness (QED) is 0.299. The number of hydrogen-bond acceptors (Lipinski definition) is 3. The minimum atomic E-state index is -3.95. The molecule has 0 aliphatic heterocycles. The molecule has 0 amide bonds. The Labute approximate surface area is 111 Å². The van der Waals surface area contributed by atoms with Crippen molar-refractivity contribution in [2.24, 2.45) is 0 Å². The van der Waals surface area contributed by atoms with E-state index >= 15 is 0 Å². The molecule has 11 heavy (non-hydrogen) atoms. The fourth-order valence-corrected chi connectivity index (χ4v) is 1.26. The normalized spacial score (nSPS) is 10.7. The van der Waals surface area contributed by atoms with Gasteiger partial charge in [0.1, 0.15) is 0 Å². The van der Waals surface area contributed by atoms with Gasteiger partial charge in [0.05, 0.1) is 10.1 Å². The van der Waals surface area contributed by atoms with Crippen LogP contribution < -0.4 is 51.4 Å². The molecule has 0 aliphatic rings. The second kappa shape index (κ2) is 8.16. The SMILES string of the molecule is CCCCCCS(=O)(=O)[O-].[K+]. The largest absolute Gasteiger partial charge is 1.00 e. The van der Waals surface area contributed by atoms with Gasteiger partial charge in [-0.2, -0.15) is 0 Å². The van der Waals surface area contributed by atoms with Crippen molar-refractivity contribution in [3.05, 3.63) is 0 Å². The van der Waals surface area contributed by atoms with Crippen molar-refractivity contribution >= 4 is 10.1 Å². The Bertz CT molecular complexity index is 165. The van der Waals surface area contributed by atoms with Gasteiger partial charge in [-0.25, -0.2) is 8.42 Å². The Hall–Kier alpha value is 1.55. The summed E-state index contributed by atoms with van der Waals surface area (Å²) < 4.78 is 30.1. The second-order valence-electron chi connectivity index (χ2n) is 2.32. The van der Waals surface area contributed by atoms with Gasteiger partial charge in [-0.05, 0) is 6.42 Å². The summed E-state index contributed by atoms with van der Waals surface area (Å²) in [6, 6.07) is 0. The molecule has 0 aromatic rings.